The fraction of sp³-hybridized carbons (Fsp3) is 0.444. The van der Waals surface area contributed by atoms with Gasteiger partial charge in [-0.3, -0.25) is 20.2 Å². The second-order valence-corrected chi connectivity index (χ2v) is 9.28. The Balaban J connectivity index is 0.000000461. The SMILES string of the molecule is CC(C)(C)C.COc1ncc(Br)c(C)c1[N+](=O)[O-].Cc1c(Br)cnc(N)c1[N+](=O)[O-]. The maximum atomic E-state index is 10.6. The van der Waals surface area contributed by atoms with E-state index in [-0.39, 0.29) is 23.1 Å². The first kappa shape index (κ1) is 27.7. The molecule has 0 saturated heterocycles. The van der Waals surface area contributed by atoms with Crippen molar-refractivity contribution >= 4 is 49.1 Å². The van der Waals surface area contributed by atoms with Crippen LogP contribution in [-0.2, 0) is 0 Å². The minimum Gasteiger partial charge on any atom is -0.476 e. The standard InChI is InChI=1S/C7H7BrN2O3.C6H6BrN3O2.C5H12/c1-4-5(8)3-9-7(13-2)6(4)10(11)12;1-3-4(7)2-9-6(8)5(3)10(11)12;1-5(2,3)4/h3H,1-2H3;2H,1H3,(H2,8,9);1-4H3. The van der Waals surface area contributed by atoms with Crippen LogP contribution < -0.4 is 10.5 Å². The van der Waals surface area contributed by atoms with Crippen LogP contribution in [-0.4, -0.2) is 26.9 Å². The molecule has 166 valence electrons. The topological polar surface area (TPSA) is 147 Å². The summed E-state index contributed by atoms with van der Waals surface area (Å²) < 4.78 is 5.95. The minimum atomic E-state index is -0.539. The Morgan fingerprint density at radius 2 is 1.30 bits per heavy atom. The van der Waals surface area contributed by atoms with Crippen LogP contribution in [0, 0.1) is 39.5 Å². The van der Waals surface area contributed by atoms with Crippen molar-refractivity contribution in [3.63, 3.8) is 0 Å². The molecule has 2 N–H and O–H groups in total. The minimum absolute atomic E-state index is 0.0331. The summed E-state index contributed by atoms with van der Waals surface area (Å²) in [5, 5.41) is 21.1. The second-order valence-electron chi connectivity index (χ2n) is 7.57. The van der Waals surface area contributed by atoms with E-state index in [1.807, 2.05) is 0 Å². The van der Waals surface area contributed by atoms with Crippen molar-refractivity contribution in [2.24, 2.45) is 5.41 Å². The lowest BCUT2D eigenvalue weighted by molar-refractivity contribution is -0.386. The molecular formula is C18H25Br2N5O5. The normalized spacial score (nSPS) is 10.2. The van der Waals surface area contributed by atoms with Gasteiger partial charge in [0.15, 0.2) is 0 Å². The molecule has 0 amide bonds. The van der Waals surface area contributed by atoms with E-state index >= 15 is 0 Å². The molecular weight excluding hydrogens is 526 g/mol. The van der Waals surface area contributed by atoms with E-state index in [9.17, 15) is 20.2 Å². The number of hydrogen-bond acceptors (Lipinski definition) is 8. The van der Waals surface area contributed by atoms with Gasteiger partial charge < -0.3 is 10.5 Å². The lowest BCUT2D eigenvalue weighted by Crippen LogP contribution is -2.00. The molecule has 2 rings (SSSR count). The third-order valence-electron chi connectivity index (χ3n) is 3.04. The molecule has 0 saturated carbocycles. The number of nitrogen functional groups attached to an aromatic ring is 1. The number of nitro groups is 2. The van der Waals surface area contributed by atoms with Crippen molar-refractivity contribution in [1.29, 1.82) is 0 Å². The van der Waals surface area contributed by atoms with Crippen LogP contribution >= 0.6 is 31.9 Å². The van der Waals surface area contributed by atoms with Gasteiger partial charge in [0.2, 0.25) is 5.82 Å². The molecule has 0 aromatic carbocycles. The highest BCUT2D eigenvalue weighted by Crippen LogP contribution is 2.32. The fourth-order valence-corrected chi connectivity index (χ4v) is 2.31. The van der Waals surface area contributed by atoms with Gasteiger partial charge in [-0.25, -0.2) is 9.97 Å². The lowest BCUT2D eigenvalue weighted by Gasteiger charge is -2.05. The van der Waals surface area contributed by atoms with Gasteiger partial charge in [-0.2, -0.15) is 0 Å². The second kappa shape index (κ2) is 11.7. The van der Waals surface area contributed by atoms with E-state index in [4.69, 9.17) is 10.5 Å². The Hall–Kier alpha value is -2.34. The average Bonchev–Trinajstić information content (AvgIpc) is 2.59. The Labute approximate surface area is 191 Å². The molecule has 0 aliphatic heterocycles. The molecule has 0 bridgehead atoms. The number of aromatic nitrogens is 2. The summed E-state index contributed by atoms with van der Waals surface area (Å²) in [5.41, 5.74) is 6.59. The van der Waals surface area contributed by atoms with Crippen molar-refractivity contribution in [2.75, 3.05) is 12.8 Å². The predicted molar refractivity (Wildman–Crippen MR) is 123 cm³/mol. The largest absolute Gasteiger partial charge is 0.476 e. The molecule has 0 spiro atoms. The van der Waals surface area contributed by atoms with Gasteiger partial charge in [-0.15, -0.1) is 0 Å². The number of hydrogen-bond donors (Lipinski definition) is 1. The molecule has 0 unspecified atom stereocenters. The third kappa shape index (κ3) is 8.99. The Morgan fingerprint density at radius 1 is 0.933 bits per heavy atom. The molecule has 12 heteroatoms. The van der Waals surface area contributed by atoms with E-state index in [2.05, 4.69) is 69.5 Å². The van der Waals surface area contributed by atoms with E-state index in [0.29, 0.717) is 25.5 Å². The molecule has 0 radical (unpaired) electrons. The van der Waals surface area contributed by atoms with Crippen LogP contribution in [0.15, 0.2) is 21.3 Å². The van der Waals surface area contributed by atoms with Crippen LogP contribution in [0.2, 0.25) is 0 Å². The summed E-state index contributed by atoms with van der Waals surface area (Å²) >= 11 is 6.28. The van der Waals surface area contributed by atoms with E-state index < -0.39 is 9.85 Å². The molecule has 0 atom stereocenters. The molecule has 2 aromatic heterocycles. The first-order chi connectivity index (χ1) is 13.6. The summed E-state index contributed by atoms with van der Waals surface area (Å²) in [6.07, 6.45) is 2.92. The first-order valence-electron chi connectivity index (χ1n) is 8.50. The Morgan fingerprint density at radius 3 is 1.63 bits per heavy atom. The van der Waals surface area contributed by atoms with Crippen molar-refractivity contribution in [2.45, 2.75) is 41.5 Å². The summed E-state index contributed by atoms with van der Waals surface area (Å²) in [6, 6.07) is 0. The highest BCUT2D eigenvalue weighted by Gasteiger charge is 2.21. The molecule has 0 aliphatic rings. The van der Waals surface area contributed by atoms with Gasteiger partial charge in [0.25, 0.3) is 5.88 Å². The molecule has 30 heavy (non-hydrogen) atoms. The maximum Gasteiger partial charge on any atom is 0.334 e. The highest BCUT2D eigenvalue weighted by atomic mass is 79.9. The molecule has 2 heterocycles. The van der Waals surface area contributed by atoms with Gasteiger partial charge in [0.05, 0.1) is 17.0 Å². The molecule has 0 aliphatic carbocycles. The number of ether oxygens (including phenoxy) is 1. The summed E-state index contributed by atoms with van der Waals surface area (Å²) in [5.74, 6) is -0.0219. The molecule has 10 nitrogen and oxygen atoms in total. The van der Waals surface area contributed by atoms with E-state index in [1.165, 1.54) is 19.5 Å². The summed E-state index contributed by atoms with van der Waals surface area (Å²) in [6.45, 7) is 12.0. The predicted octanol–water partition coefficient (Wildman–Crippen LogP) is 5.76. The zero-order valence-corrected chi connectivity index (χ0v) is 21.0. The zero-order chi connectivity index (χ0) is 23.8. The van der Waals surface area contributed by atoms with Gasteiger partial charge in [0, 0.05) is 32.5 Å². The first-order valence-corrected chi connectivity index (χ1v) is 10.1. The molecule has 2 aromatic rings. The third-order valence-corrected chi connectivity index (χ3v) is 4.64. The number of methoxy groups -OCH3 is 1. The lowest BCUT2D eigenvalue weighted by atomic mass is 10.0. The van der Waals surface area contributed by atoms with Crippen LogP contribution in [0.4, 0.5) is 17.2 Å². The number of nitrogens with two attached hydrogens (primary N) is 1. The van der Waals surface area contributed by atoms with Crippen LogP contribution in [0.1, 0.15) is 38.8 Å². The number of rotatable bonds is 3. The number of halogens is 2. The summed E-state index contributed by atoms with van der Waals surface area (Å²) in [7, 11) is 1.35. The monoisotopic (exact) mass is 549 g/mol. The number of nitrogens with zero attached hydrogens (tertiary/aromatic N) is 4. The maximum absolute atomic E-state index is 10.6. The number of pyridine rings is 2. The summed E-state index contributed by atoms with van der Waals surface area (Å²) in [4.78, 5) is 27.4. The zero-order valence-electron chi connectivity index (χ0n) is 17.8. The van der Waals surface area contributed by atoms with Crippen LogP contribution in [0.3, 0.4) is 0 Å². The number of anilines is 1. The van der Waals surface area contributed by atoms with E-state index in [1.54, 1.807) is 13.8 Å². The van der Waals surface area contributed by atoms with Gasteiger partial charge in [-0.05, 0) is 51.1 Å². The quantitative estimate of drug-likeness (QED) is 0.374. The fourth-order valence-electron chi connectivity index (χ4n) is 1.73. The van der Waals surface area contributed by atoms with Gasteiger partial charge >= 0.3 is 11.4 Å². The van der Waals surface area contributed by atoms with Crippen molar-refractivity contribution < 1.29 is 14.6 Å². The van der Waals surface area contributed by atoms with Crippen molar-refractivity contribution in [3.05, 3.63) is 52.7 Å². The van der Waals surface area contributed by atoms with Crippen molar-refractivity contribution in [1.82, 2.24) is 9.97 Å². The van der Waals surface area contributed by atoms with E-state index in [0.717, 1.165) is 0 Å². The van der Waals surface area contributed by atoms with Gasteiger partial charge in [-0.1, -0.05) is 27.7 Å². The van der Waals surface area contributed by atoms with Gasteiger partial charge in [0.1, 0.15) is 0 Å². The highest BCUT2D eigenvalue weighted by molar-refractivity contribution is 9.10. The molecule has 0 fully saturated rings. The smallest absolute Gasteiger partial charge is 0.334 e. The van der Waals surface area contributed by atoms with Crippen LogP contribution in [0.25, 0.3) is 0 Å². The Bertz CT molecular complexity index is 911. The van der Waals surface area contributed by atoms with Crippen molar-refractivity contribution in [3.8, 4) is 5.88 Å². The average molecular weight is 551 g/mol. The Kier molecular flexibility index (Phi) is 10.8. The van der Waals surface area contributed by atoms with Crippen LogP contribution in [0.5, 0.6) is 5.88 Å².